The number of anilines is 1. The SMILES string of the molecule is CS(=O)(=O)c1ccc(Cl)c(NC(=O)C(Sc2ccccc2)c2ccccc2)c1. The van der Waals surface area contributed by atoms with Crippen LogP contribution in [0.15, 0.2) is 88.7 Å². The molecule has 0 aliphatic carbocycles. The lowest BCUT2D eigenvalue weighted by Gasteiger charge is -2.18. The largest absolute Gasteiger partial charge is 0.323 e. The van der Waals surface area contributed by atoms with Gasteiger partial charge in [-0.15, -0.1) is 11.8 Å². The van der Waals surface area contributed by atoms with Crippen LogP contribution in [0.25, 0.3) is 0 Å². The highest BCUT2D eigenvalue weighted by molar-refractivity contribution is 8.00. The van der Waals surface area contributed by atoms with Gasteiger partial charge in [0.25, 0.3) is 0 Å². The van der Waals surface area contributed by atoms with Crippen molar-refractivity contribution in [3.05, 3.63) is 89.4 Å². The summed E-state index contributed by atoms with van der Waals surface area (Å²) in [7, 11) is -3.41. The van der Waals surface area contributed by atoms with Crippen molar-refractivity contribution in [1.82, 2.24) is 0 Å². The molecule has 144 valence electrons. The fourth-order valence-corrected chi connectivity index (χ4v) is 4.42. The van der Waals surface area contributed by atoms with Crippen LogP contribution in [0.2, 0.25) is 5.02 Å². The molecular weight excluding hydrogens is 414 g/mol. The number of amides is 1. The number of thioether (sulfide) groups is 1. The van der Waals surface area contributed by atoms with E-state index in [1.165, 1.54) is 30.0 Å². The Morgan fingerprint density at radius 3 is 2.18 bits per heavy atom. The average Bonchev–Trinajstić information content (AvgIpc) is 2.68. The smallest absolute Gasteiger partial charge is 0.242 e. The van der Waals surface area contributed by atoms with E-state index in [2.05, 4.69) is 5.32 Å². The third-order valence-electron chi connectivity index (χ3n) is 3.96. The molecule has 0 aliphatic heterocycles. The summed E-state index contributed by atoms with van der Waals surface area (Å²) in [5.41, 5.74) is 1.11. The Morgan fingerprint density at radius 1 is 0.964 bits per heavy atom. The zero-order valence-corrected chi connectivity index (χ0v) is 17.4. The molecule has 3 aromatic rings. The minimum atomic E-state index is -3.41. The second-order valence-electron chi connectivity index (χ2n) is 6.12. The summed E-state index contributed by atoms with van der Waals surface area (Å²) in [5, 5.41) is 2.53. The van der Waals surface area contributed by atoms with Crippen molar-refractivity contribution in [2.24, 2.45) is 0 Å². The first-order valence-electron chi connectivity index (χ1n) is 8.42. The van der Waals surface area contributed by atoms with Gasteiger partial charge in [-0.1, -0.05) is 60.1 Å². The second kappa shape index (κ2) is 8.82. The quantitative estimate of drug-likeness (QED) is 0.544. The third-order valence-corrected chi connectivity index (χ3v) is 6.67. The standard InChI is InChI=1S/C21H18ClNO3S2/c1-28(25,26)17-12-13-18(22)19(14-17)23-21(24)20(15-8-4-2-5-9-15)27-16-10-6-3-7-11-16/h2-14,20H,1H3,(H,23,24). The summed E-state index contributed by atoms with van der Waals surface area (Å²) in [4.78, 5) is 14.1. The Labute approximate surface area is 173 Å². The summed E-state index contributed by atoms with van der Waals surface area (Å²) in [6.45, 7) is 0. The number of nitrogens with one attached hydrogen (secondary N) is 1. The predicted octanol–water partition coefficient (Wildman–Crippen LogP) is 5.22. The summed E-state index contributed by atoms with van der Waals surface area (Å²) < 4.78 is 23.6. The van der Waals surface area contributed by atoms with Crippen LogP contribution in [-0.2, 0) is 14.6 Å². The molecule has 4 nitrogen and oxygen atoms in total. The minimum absolute atomic E-state index is 0.0965. The van der Waals surface area contributed by atoms with E-state index in [9.17, 15) is 13.2 Å². The predicted molar refractivity (Wildman–Crippen MR) is 115 cm³/mol. The molecule has 0 spiro atoms. The van der Waals surface area contributed by atoms with Gasteiger partial charge in [-0.05, 0) is 35.9 Å². The summed E-state index contributed by atoms with van der Waals surface area (Å²) >= 11 is 7.60. The van der Waals surface area contributed by atoms with E-state index in [-0.39, 0.29) is 21.5 Å². The van der Waals surface area contributed by atoms with Crippen LogP contribution in [0, 0.1) is 0 Å². The maximum atomic E-state index is 13.1. The maximum Gasteiger partial charge on any atom is 0.242 e. The molecule has 0 radical (unpaired) electrons. The van der Waals surface area contributed by atoms with E-state index in [1.54, 1.807) is 0 Å². The molecule has 3 rings (SSSR count). The molecule has 1 atom stereocenters. The van der Waals surface area contributed by atoms with Gasteiger partial charge in [-0.2, -0.15) is 0 Å². The molecule has 0 aromatic heterocycles. The average molecular weight is 432 g/mol. The topological polar surface area (TPSA) is 63.2 Å². The molecule has 3 aromatic carbocycles. The molecule has 0 aliphatic rings. The van der Waals surface area contributed by atoms with Crippen molar-refractivity contribution in [3.63, 3.8) is 0 Å². The van der Waals surface area contributed by atoms with E-state index in [0.29, 0.717) is 0 Å². The number of carbonyl (C=O) groups excluding carboxylic acids is 1. The van der Waals surface area contributed by atoms with Gasteiger partial charge < -0.3 is 5.32 Å². The Balaban J connectivity index is 1.92. The van der Waals surface area contributed by atoms with Crippen LogP contribution >= 0.6 is 23.4 Å². The Bertz CT molecular complexity index is 1070. The van der Waals surface area contributed by atoms with E-state index in [4.69, 9.17) is 11.6 Å². The fourth-order valence-electron chi connectivity index (χ4n) is 2.57. The van der Waals surface area contributed by atoms with Gasteiger partial charge in [-0.25, -0.2) is 8.42 Å². The number of sulfone groups is 1. The lowest BCUT2D eigenvalue weighted by molar-refractivity contribution is -0.115. The van der Waals surface area contributed by atoms with E-state index in [0.717, 1.165) is 16.7 Å². The fraction of sp³-hybridized carbons (Fsp3) is 0.0952. The molecule has 0 bridgehead atoms. The Morgan fingerprint density at radius 2 is 1.57 bits per heavy atom. The van der Waals surface area contributed by atoms with Crippen LogP contribution in [0.5, 0.6) is 0 Å². The molecule has 28 heavy (non-hydrogen) atoms. The number of benzene rings is 3. The summed E-state index contributed by atoms with van der Waals surface area (Å²) in [6.07, 6.45) is 1.11. The van der Waals surface area contributed by atoms with Crippen LogP contribution in [0.1, 0.15) is 10.8 Å². The number of carbonyl (C=O) groups is 1. The highest BCUT2D eigenvalue weighted by Gasteiger charge is 2.23. The normalized spacial score (nSPS) is 12.4. The first-order valence-corrected chi connectivity index (χ1v) is 11.6. The van der Waals surface area contributed by atoms with Crippen molar-refractivity contribution >= 4 is 44.8 Å². The first-order chi connectivity index (χ1) is 13.3. The molecule has 0 fully saturated rings. The van der Waals surface area contributed by atoms with Gasteiger partial charge in [0.2, 0.25) is 5.91 Å². The summed E-state index contributed by atoms with van der Waals surface area (Å²) in [6, 6.07) is 23.3. The molecule has 0 heterocycles. The highest BCUT2D eigenvalue weighted by atomic mass is 35.5. The number of halogens is 1. The van der Waals surface area contributed by atoms with Crippen LogP contribution in [0.3, 0.4) is 0 Å². The second-order valence-corrected chi connectivity index (χ2v) is 9.73. The van der Waals surface area contributed by atoms with Gasteiger partial charge >= 0.3 is 0 Å². The molecule has 0 saturated carbocycles. The first kappa shape index (κ1) is 20.5. The monoisotopic (exact) mass is 431 g/mol. The zero-order valence-electron chi connectivity index (χ0n) is 15.0. The van der Waals surface area contributed by atoms with Crippen molar-refractivity contribution in [2.45, 2.75) is 15.0 Å². The van der Waals surface area contributed by atoms with Gasteiger partial charge in [0, 0.05) is 11.2 Å². The van der Waals surface area contributed by atoms with Crippen molar-refractivity contribution in [2.75, 3.05) is 11.6 Å². The molecule has 0 saturated heterocycles. The molecule has 1 amide bonds. The van der Waals surface area contributed by atoms with E-state index >= 15 is 0 Å². The third kappa shape index (κ3) is 5.16. The lowest BCUT2D eigenvalue weighted by Crippen LogP contribution is -2.19. The number of rotatable bonds is 6. The highest BCUT2D eigenvalue weighted by Crippen LogP contribution is 2.37. The van der Waals surface area contributed by atoms with Crippen LogP contribution in [0.4, 0.5) is 5.69 Å². The lowest BCUT2D eigenvalue weighted by atomic mass is 10.1. The molecule has 1 unspecified atom stereocenters. The van der Waals surface area contributed by atoms with Crippen molar-refractivity contribution in [1.29, 1.82) is 0 Å². The van der Waals surface area contributed by atoms with Crippen LogP contribution in [-0.4, -0.2) is 20.6 Å². The van der Waals surface area contributed by atoms with E-state index < -0.39 is 15.1 Å². The maximum absolute atomic E-state index is 13.1. The van der Waals surface area contributed by atoms with E-state index in [1.807, 2.05) is 60.7 Å². The van der Waals surface area contributed by atoms with Crippen molar-refractivity contribution in [3.8, 4) is 0 Å². The Kier molecular flexibility index (Phi) is 6.44. The van der Waals surface area contributed by atoms with Gasteiger partial charge in [0.15, 0.2) is 9.84 Å². The van der Waals surface area contributed by atoms with Gasteiger partial charge in [0.05, 0.1) is 15.6 Å². The molecule has 1 N–H and O–H groups in total. The van der Waals surface area contributed by atoms with Crippen molar-refractivity contribution < 1.29 is 13.2 Å². The van der Waals surface area contributed by atoms with Gasteiger partial charge in [-0.3, -0.25) is 4.79 Å². The van der Waals surface area contributed by atoms with Crippen LogP contribution < -0.4 is 5.32 Å². The summed E-state index contributed by atoms with van der Waals surface area (Å²) in [5.74, 6) is -0.285. The zero-order chi connectivity index (χ0) is 20.1. The number of hydrogen-bond donors (Lipinski definition) is 1. The minimum Gasteiger partial charge on any atom is -0.323 e. The molecular formula is C21H18ClNO3S2. The molecule has 7 heteroatoms. The Hall–Kier alpha value is -2.28. The van der Waals surface area contributed by atoms with Gasteiger partial charge in [0.1, 0.15) is 5.25 Å². The number of hydrogen-bond acceptors (Lipinski definition) is 4.